The molecule has 7 heteroatoms. The van der Waals surface area contributed by atoms with E-state index >= 15 is 0 Å². The minimum absolute atomic E-state index is 0.244. The van der Waals surface area contributed by atoms with Gasteiger partial charge in [-0.3, -0.25) is 4.79 Å². The Morgan fingerprint density at radius 3 is 1.96 bits per heavy atom. The van der Waals surface area contributed by atoms with E-state index in [4.69, 9.17) is 14.7 Å². The molecule has 1 aromatic rings. The Hall–Kier alpha value is -1.50. The van der Waals surface area contributed by atoms with E-state index in [2.05, 4.69) is 15.9 Å². The van der Waals surface area contributed by atoms with Crippen LogP contribution in [-0.2, 0) is 9.53 Å². The van der Waals surface area contributed by atoms with E-state index in [1.165, 1.54) is 57.4 Å². The number of hydrogen-bond donors (Lipinski definition) is 0. The number of piperidine rings is 2. The maximum absolute atomic E-state index is 11.4. The van der Waals surface area contributed by atoms with Crippen molar-refractivity contribution in [2.45, 2.75) is 43.7 Å². The highest BCUT2D eigenvalue weighted by atomic mass is 32.2. The van der Waals surface area contributed by atoms with Crippen LogP contribution in [0.1, 0.15) is 38.5 Å². The molecule has 0 bridgehead atoms. The highest BCUT2D eigenvalue weighted by molar-refractivity contribution is 7.99. The lowest BCUT2D eigenvalue weighted by atomic mass is 10.1. The third-order valence-corrected chi connectivity index (χ3v) is 5.41. The second-order valence-corrected chi connectivity index (χ2v) is 7.27. The van der Waals surface area contributed by atoms with E-state index in [0.29, 0.717) is 5.16 Å². The first-order valence-electron chi connectivity index (χ1n) is 8.85. The summed E-state index contributed by atoms with van der Waals surface area (Å²) in [6, 6.07) is 2.12. The summed E-state index contributed by atoms with van der Waals surface area (Å²) in [7, 11) is 1.41. The maximum Gasteiger partial charge on any atom is 0.316 e. The molecule has 2 saturated heterocycles. The highest BCUT2D eigenvalue weighted by Gasteiger charge is 2.19. The highest BCUT2D eigenvalue weighted by Crippen LogP contribution is 2.27. The van der Waals surface area contributed by atoms with Gasteiger partial charge in [-0.1, -0.05) is 11.8 Å². The van der Waals surface area contributed by atoms with Crippen molar-refractivity contribution in [3.63, 3.8) is 0 Å². The van der Waals surface area contributed by atoms with Gasteiger partial charge in [-0.05, 0) is 38.5 Å². The Morgan fingerprint density at radius 2 is 1.50 bits per heavy atom. The molecule has 0 saturated carbocycles. The van der Waals surface area contributed by atoms with Gasteiger partial charge in [0.25, 0.3) is 0 Å². The average molecular weight is 350 g/mol. The summed E-state index contributed by atoms with van der Waals surface area (Å²) in [5.41, 5.74) is 0. The van der Waals surface area contributed by atoms with Crippen LogP contribution in [0, 0.1) is 0 Å². The van der Waals surface area contributed by atoms with Gasteiger partial charge in [-0.25, -0.2) is 9.97 Å². The number of hydrogen-bond acceptors (Lipinski definition) is 7. The molecule has 24 heavy (non-hydrogen) atoms. The first kappa shape index (κ1) is 17.3. The lowest BCUT2D eigenvalue weighted by Crippen LogP contribution is -2.33. The number of methoxy groups -OCH3 is 1. The lowest BCUT2D eigenvalue weighted by Gasteiger charge is -2.31. The number of anilines is 2. The molecule has 2 aliphatic heterocycles. The van der Waals surface area contributed by atoms with Gasteiger partial charge < -0.3 is 14.5 Å². The minimum atomic E-state index is -0.244. The van der Waals surface area contributed by atoms with Gasteiger partial charge in [-0.15, -0.1) is 0 Å². The third kappa shape index (κ3) is 4.53. The zero-order chi connectivity index (χ0) is 16.8. The van der Waals surface area contributed by atoms with E-state index in [1.807, 2.05) is 0 Å². The molecular formula is C17H26N4O2S. The first-order valence-corrected chi connectivity index (χ1v) is 9.83. The Morgan fingerprint density at radius 1 is 1.00 bits per heavy atom. The fourth-order valence-electron chi connectivity index (χ4n) is 3.22. The zero-order valence-electron chi connectivity index (χ0n) is 14.4. The van der Waals surface area contributed by atoms with Gasteiger partial charge in [0, 0.05) is 32.2 Å². The molecule has 0 radical (unpaired) electrons. The summed E-state index contributed by atoms with van der Waals surface area (Å²) in [6.45, 7) is 4.21. The van der Waals surface area contributed by atoms with Crippen molar-refractivity contribution in [1.82, 2.24) is 9.97 Å². The van der Waals surface area contributed by atoms with Crippen molar-refractivity contribution in [2.24, 2.45) is 0 Å². The predicted octanol–water partition coefficient (Wildman–Crippen LogP) is 2.72. The quantitative estimate of drug-likeness (QED) is 0.460. The van der Waals surface area contributed by atoms with Crippen LogP contribution in [0.2, 0.25) is 0 Å². The molecule has 2 fully saturated rings. The number of esters is 1. The van der Waals surface area contributed by atoms with Crippen LogP contribution in [0.4, 0.5) is 11.6 Å². The molecule has 0 unspecified atom stereocenters. The van der Waals surface area contributed by atoms with Crippen molar-refractivity contribution in [3.05, 3.63) is 6.07 Å². The van der Waals surface area contributed by atoms with Gasteiger partial charge in [0.05, 0.1) is 12.9 Å². The molecule has 1 aromatic heterocycles. The summed E-state index contributed by atoms with van der Waals surface area (Å²) in [6.07, 6.45) is 7.46. The molecule has 3 heterocycles. The van der Waals surface area contributed by atoms with E-state index in [9.17, 15) is 4.79 Å². The molecule has 3 rings (SSSR count). The number of carbonyl (C=O) groups excluding carboxylic acids is 1. The van der Waals surface area contributed by atoms with Gasteiger partial charge >= 0.3 is 5.97 Å². The molecule has 6 nitrogen and oxygen atoms in total. The Bertz CT molecular complexity index is 521. The van der Waals surface area contributed by atoms with Gasteiger partial charge in [0.1, 0.15) is 11.6 Å². The standard InChI is InChI=1S/C17H26N4O2S/c1-23-16(22)13-24-17-18-14(20-8-4-2-5-9-20)12-15(19-17)21-10-6-3-7-11-21/h12H,2-11,13H2,1H3. The molecule has 2 aliphatic rings. The van der Waals surface area contributed by atoms with Crippen molar-refractivity contribution < 1.29 is 9.53 Å². The van der Waals surface area contributed by atoms with E-state index in [-0.39, 0.29) is 11.7 Å². The van der Waals surface area contributed by atoms with Crippen LogP contribution in [-0.4, -0.2) is 55.0 Å². The van der Waals surface area contributed by atoms with Crippen molar-refractivity contribution in [2.75, 3.05) is 48.8 Å². The molecule has 0 aliphatic carbocycles. The molecular weight excluding hydrogens is 324 g/mol. The smallest absolute Gasteiger partial charge is 0.316 e. The Balaban J connectivity index is 1.81. The first-order chi connectivity index (χ1) is 11.8. The number of ether oxygens (including phenoxy) is 1. The van der Waals surface area contributed by atoms with Crippen molar-refractivity contribution >= 4 is 29.4 Å². The van der Waals surface area contributed by atoms with Gasteiger partial charge in [-0.2, -0.15) is 0 Å². The molecule has 0 aromatic carbocycles. The Kier molecular flexibility index (Phi) is 6.18. The van der Waals surface area contributed by atoms with Gasteiger partial charge in [0.2, 0.25) is 0 Å². The fraction of sp³-hybridized carbons (Fsp3) is 0.706. The van der Waals surface area contributed by atoms with Crippen LogP contribution >= 0.6 is 11.8 Å². The van der Waals surface area contributed by atoms with Crippen molar-refractivity contribution in [3.8, 4) is 0 Å². The van der Waals surface area contributed by atoms with Crippen LogP contribution in [0.5, 0.6) is 0 Å². The largest absolute Gasteiger partial charge is 0.468 e. The van der Waals surface area contributed by atoms with Crippen LogP contribution in [0.25, 0.3) is 0 Å². The third-order valence-electron chi connectivity index (χ3n) is 4.59. The number of rotatable bonds is 5. The van der Waals surface area contributed by atoms with Crippen molar-refractivity contribution in [1.29, 1.82) is 0 Å². The predicted molar refractivity (Wildman–Crippen MR) is 96.9 cm³/mol. The average Bonchev–Trinajstić information content (AvgIpc) is 2.67. The number of nitrogens with zero attached hydrogens (tertiary/aromatic N) is 4. The van der Waals surface area contributed by atoms with Crippen LogP contribution in [0.3, 0.4) is 0 Å². The molecule has 0 spiro atoms. The van der Waals surface area contributed by atoms with Crippen LogP contribution in [0.15, 0.2) is 11.2 Å². The van der Waals surface area contributed by atoms with E-state index < -0.39 is 0 Å². The molecule has 0 N–H and O–H groups in total. The molecule has 0 atom stereocenters. The number of thioether (sulfide) groups is 1. The second kappa shape index (κ2) is 8.55. The number of carbonyl (C=O) groups is 1. The van der Waals surface area contributed by atoms with Crippen LogP contribution < -0.4 is 9.80 Å². The van der Waals surface area contributed by atoms with E-state index in [1.54, 1.807) is 0 Å². The second-order valence-electron chi connectivity index (χ2n) is 6.33. The molecule has 132 valence electrons. The fourth-order valence-corrected chi connectivity index (χ4v) is 3.90. The summed E-state index contributed by atoms with van der Waals surface area (Å²) < 4.78 is 4.73. The minimum Gasteiger partial charge on any atom is -0.468 e. The monoisotopic (exact) mass is 350 g/mol. The summed E-state index contributed by atoms with van der Waals surface area (Å²) in [5, 5.41) is 0.670. The van der Waals surface area contributed by atoms with Gasteiger partial charge in [0.15, 0.2) is 5.16 Å². The normalized spacial score (nSPS) is 18.5. The molecule has 0 amide bonds. The Labute approximate surface area is 148 Å². The zero-order valence-corrected chi connectivity index (χ0v) is 15.2. The van der Waals surface area contributed by atoms with E-state index in [0.717, 1.165) is 37.8 Å². The lowest BCUT2D eigenvalue weighted by molar-refractivity contribution is -0.137. The summed E-state index contributed by atoms with van der Waals surface area (Å²) >= 11 is 1.36. The topological polar surface area (TPSA) is 58.6 Å². The summed E-state index contributed by atoms with van der Waals surface area (Å²) in [4.78, 5) is 25.5. The SMILES string of the molecule is COC(=O)CSc1nc(N2CCCCC2)cc(N2CCCCC2)n1. The maximum atomic E-state index is 11.4. The summed E-state index contributed by atoms with van der Waals surface area (Å²) in [5.74, 6) is 2.00. The number of aromatic nitrogens is 2.